The summed E-state index contributed by atoms with van der Waals surface area (Å²) in [6.07, 6.45) is -0.634. The molecule has 1 unspecified atom stereocenters. The molecule has 0 saturated carbocycles. The van der Waals surface area contributed by atoms with Crippen molar-refractivity contribution in [3.8, 4) is 0 Å². The second-order valence-corrected chi connectivity index (χ2v) is 13.7. The van der Waals surface area contributed by atoms with Crippen LogP contribution in [0.2, 0.25) is 5.02 Å². The van der Waals surface area contributed by atoms with Crippen molar-refractivity contribution in [3.63, 3.8) is 0 Å². The molecule has 0 amide bonds. The number of fused-ring (bicyclic) bond motifs is 1. The van der Waals surface area contributed by atoms with Gasteiger partial charge in [-0.2, -0.15) is 0 Å². The molecule has 0 N–H and O–H groups in total. The van der Waals surface area contributed by atoms with Gasteiger partial charge in [-0.3, -0.25) is 0 Å². The summed E-state index contributed by atoms with van der Waals surface area (Å²) in [6, 6.07) is 39.9. The van der Waals surface area contributed by atoms with Crippen LogP contribution in [0.1, 0.15) is 17.2 Å². The van der Waals surface area contributed by atoms with Crippen LogP contribution in [0.4, 0.5) is 8.78 Å². The molecule has 6 rings (SSSR count). The van der Waals surface area contributed by atoms with E-state index in [2.05, 4.69) is 0 Å². The van der Waals surface area contributed by atoms with E-state index in [1.54, 1.807) is 12.1 Å². The Kier molecular flexibility index (Phi) is 5.53. The van der Waals surface area contributed by atoms with Crippen molar-refractivity contribution < 1.29 is 13.3 Å². The number of rotatable bonds is 4. The molecule has 1 nitrogen and oxygen atoms in total. The Labute approximate surface area is 214 Å². The zero-order valence-corrected chi connectivity index (χ0v) is 20.8. The molecule has 0 radical (unpaired) electrons. The molecular weight excluding hydrogens is 493 g/mol. The van der Waals surface area contributed by atoms with Gasteiger partial charge in [0.15, 0.2) is 0 Å². The molecule has 5 aromatic carbocycles. The molecule has 0 aliphatic carbocycles. The fourth-order valence-electron chi connectivity index (χ4n) is 5.52. The summed E-state index contributed by atoms with van der Waals surface area (Å²) in [5.74, 6) is -1.80. The van der Waals surface area contributed by atoms with Gasteiger partial charge in [0.1, 0.15) is 0 Å². The van der Waals surface area contributed by atoms with E-state index in [-0.39, 0.29) is 0 Å². The van der Waals surface area contributed by atoms with E-state index in [9.17, 15) is 4.39 Å². The Hall–Kier alpha value is -3.36. The first-order chi connectivity index (χ1) is 17.5. The van der Waals surface area contributed by atoms with Crippen LogP contribution < -0.4 is 21.2 Å². The molecule has 0 fully saturated rings. The van der Waals surface area contributed by atoms with Crippen molar-refractivity contribution in [1.82, 2.24) is 0 Å². The van der Waals surface area contributed by atoms with Gasteiger partial charge in [0.05, 0.1) is 0 Å². The van der Waals surface area contributed by atoms with E-state index in [4.69, 9.17) is 16.1 Å². The quantitative estimate of drug-likeness (QED) is 0.239. The molecule has 0 spiro atoms. The summed E-state index contributed by atoms with van der Waals surface area (Å²) < 4.78 is 37.5. The fourth-order valence-corrected chi connectivity index (χ4v) is 11.8. The maximum absolute atomic E-state index is 15.2. The SMILES string of the molecule is Fc1cc2c(cc1F)P(c1ccccc1)(c1ccccc1)(c1ccccc1)OC2c1ccc(Cl)cc1. The van der Waals surface area contributed by atoms with Crippen LogP contribution in [0, 0.1) is 11.6 Å². The van der Waals surface area contributed by atoms with E-state index in [0.29, 0.717) is 15.9 Å². The summed E-state index contributed by atoms with van der Waals surface area (Å²) in [5, 5.41) is 4.02. The van der Waals surface area contributed by atoms with Gasteiger partial charge in [-0.15, -0.1) is 0 Å². The monoisotopic (exact) mass is 514 g/mol. The molecule has 1 heterocycles. The minimum absolute atomic E-state index is 0.592. The van der Waals surface area contributed by atoms with Crippen LogP contribution in [0.25, 0.3) is 0 Å². The first-order valence-corrected chi connectivity index (χ1v) is 14.2. The third-order valence-electron chi connectivity index (χ3n) is 7.05. The van der Waals surface area contributed by atoms with Crippen molar-refractivity contribution in [2.75, 3.05) is 0 Å². The molecule has 0 aromatic heterocycles. The molecule has 5 heteroatoms. The molecule has 1 atom stereocenters. The van der Waals surface area contributed by atoms with E-state index in [1.807, 2.05) is 103 Å². The standard InChI is InChI=1S/C31H22ClF2OP/c32-23-18-16-22(17-19-23)31-27-20-28(33)29(34)21-30(27)36(35-31,24-10-4-1-5-11-24,25-12-6-2-7-13-25)26-14-8-3-9-15-26/h1-21,31H. The number of benzene rings is 5. The van der Waals surface area contributed by atoms with E-state index < -0.39 is 24.6 Å². The summed E-state index contributed by atoms with van der Waals surface area (Å²) in [4.78, 5) is 0. The third kappa shape index (κ3) is 3.14. The Bertz CT molecular complexity index is 1440. The average molecular weight is 515 g/mol. The van der Waals surface area contributed by atoms with E-state index in [0.717, 1.165) is 21.5 Å². The van der Waals surface area contributed by atoms with Gasteiger partial charge in [-0.1, -0.05) is 0 Å². The predicted octanol–water partition coefficient (Wildman–Crippen LogP) is 6.81. The summed E-state index contributed by atoms with van der Waals surface area (Å²) >= 11 is 6.19. The van der Waals surface area contributed by atoms with Crippen molar-refractivity contribution in [2.24, 2.45) is 0 Å². The Morgan fingerprint density at radius 3 is 1.50 bits per heavy atom. The van der Waals surface area contributed by atoms with Gasteiger partial charge < -0.3 is 0 Å². The van der Waals surface area contributed by atoms with Crippen LogP contribution in [0.15, 0.2) is 127 Å². The van der Waals surface area contributed by atoms with E-state index >= 15 is 4.39 Å². The first kappa shape index (κ1) is 23.1. The Morgan fingerprint density at radius 2 is 1.03 bits per heavy atom. The molecule has 0 saturated heterocycles. The second-order valence-electron chi connectivity index (χ2n) is 8.90. The van der Waals surface area contributed by atoms with E-state index in [1.165, 1.54) is 12.1 Å². The minimum atomic E-state index is -4.02. The van der Waals surface area contributed by atoms with Gasteiger partial charge >= 0.3 is 214 Å². The van der Waals surface area contributed by atoms with Crippen LogP contribution in [-0.2, 0) is 4.52 Å². The van der Waals surface area contributed by atoms with Gasteiger partial charge in [0.2, 0.25) is 0 Å². The zero-order chi connectivity index (χ0) is 24.8. The number of hydrogen-bond donors (Lipinski definition) is 0. The molecular formula is C31H22ClF2OP. The molecule has 1 aliphatic heterocycles. The van der Waals surface area contributed by atoms with Gasteiger partial charge in [-0.05, 0) is 0 Å². The van der Waals surface area contributed by atoms with Gasteiger partial charge in [-0.25, -0.2) is 0 Å². The zero-order valence-electron chi connectivity index (χ0n) is 19.2. The summed E-state index contributed by atoms with van der Waals surface area (Å²) in [6.45, 7) is -4.02. The third-order valence-corrected chi connectivity index (χ3v) is 13.1. The predicted molar refractivity (Wildman–Crippen MR) is 146 cm³/mol. The van der Waals surface area contributed by atoms with Crippen molar-refractivity contribution in [2.45, 2.75) is 6.10 Å². The number of halogens is 3. The van der Waals surface area contributed by atoms with Crippen molar-refractivity contribution in [1.29, 1.82) is 0 Å². The summed E-state index contributed by atoms with van der Waals surface area (Å²) in [7, 11) is 0. The van der Waals surface area contributed by atoms with Crippen molar-refractivity contribution in [3.05, 3.63) is 155 Å². The van der Waals surface area contributed by atoms with Gasteiger partial charge in [0.25, 0.3) is 0 Å². The normalized spacial score (nSPS) is 18.6. The molecule has 1 aliphatic rings. The molecule has 0 bridgehead atoms. The van der Waals surface area contributed by atoms with Crippen LogP contribution >= 0.6 is 18.4 Å². The molecule has 36 heavy (non-hydrogen) atoms. The average Bonchev–Trinajstić information content (AvgIpc) is 3.23. The van der Waals surface area contributed by atoms with Crippen molar-refractivity contribution >= 4 is 39.6 Å². The Morgan fingerprint density at radius 1 is 0.583 bits per heavy atom. The number of hydrogen-bond acceptors (Lipinski definition) is 1. The van der Waals surface area contributed by atoms with Crippen LogP contribution in [0.5, 0.6) is 0 Å². The first-order valence-electron chi connectivity index (χ1n) is 11.7. The van der Waals surface area contributed by atoms with Gasteiger partial charge in [0, 0.05) is 0 Å². The van der Waals surface area contributed by atoms with Crippen LogP contribution in [0.3, 0.4) is 0 Å². The van der Waals surface area contributed by atoms with Crippen LogP contribution in [-0.4, -0.2) is 0 Å². The fraction of sp³-hybridized carbons (Fsp3) is 0.0323. The topological polar surface area (TPSA) is 9.23 Å². The Balaban J connectivity index is 1.84. The molecule has 5 aromatic rings. The second kappa shape index (κ2) is 8.64. The molecule has 178 valence electrons. The maximum atomic E-state index is 15.2. The summed E-state index contributed by atoms with van der Waals surface area (Å²) in [5.41, 5.74) is 1.44.